The van der Waals surface area contributed by atoms with Gasteiger partial charge in [0.15, 0.2) is 0 Å². The standard InChI is InChI=1S/C18H25N3O4/c22-17(15-1-5-19-20-10-15)21-6-4-18(13-21)9-16(12-25-18)24-11-14-2-7-23-8-3-14/h1,5,10,14,16H,2-4,6-9,11-13H2/t16-,18-/m0/s1. The zero-order chi connectivity index (χ0) is 17.1. The number of carbonyl (C=O) groups is 1. The monoisotopic (exact) mass is 347 g/mol. The maximum absolute atomic E-state index is 12.6. The van der Waals surface area contributed by atoms with Crippen LogP contribution < -0.4 is 0 Å². The molecule has 3 fully saturated rings. The predicted octanol–water partition coefficient (Wildman–Crippen LogP) is 1.29. The van der Waals surface area contributed by atoms with Gasteiger partial charge in [0.05, 0.1) is 49.4 Å². The van der Waals surface area contributed by atoms with Crippen LogP contribution in [0.5, 0.6) is 0 Å². The number of hydrogen-bond donors (Lipinski definition) is 0. The zero-order valence-corrected chi connectivity index (χ0v) is 14.4. The molecular formula is C18H25N3O4. The molecule has 1 aromatic heterocycles. The normalized spacial score (nSPS) is 30.2. The van der Waals surface area contributed by atoms with Crippen LogP contribution in [0.2, 0.25) is 0 Å². The van der Waals surface area contributed by atoms with E-state index >= 15 is 0 Å². The molecule has 0 radical (unpaired) electrons. The number of hydrogen-bond acceptors (Lipinski definition) is 6. The second-order valence-corrected chi connectivity index (χ2v) is 7.32. The van der Waals surface area contributed by atoms with E-state index in [0.29, 0.717) is 31.2 Å². The Morgan fingerprint density at radius 3 is 3.04 bits per heavy atom. The van der Waals surface area contributed by atoms with Crippen molar-refractivity contribution in [3.63, 3.8) is 0 Å². The maximum atomic E-state index is 12.6. The summed E-state index contributed by atoms with van der Waals surface area (Å²) in [5, 5.41) is 7.51. The molecule has 136 valence electrons. The first-order chi connectivity index (χ1) is 12.2. The van der Waals surface area contributed by atoms with Crippen molar-refractivity contribution in [3.05, 3.63) is 24.0 Å². The van der Waals surface area contributed by atoms with Crippen molar-refractivity contribution in [1.82, 2.24) is 15.1 Å². The molecule has 0 unspecified atom stereocenters. The van der Waals surface area contributed by atoms with E-state index in [1.807, 2.05) is 4.90 Å². The Bertz CT molecular complexity index is 593. The molecule has 1 spiro atoms. The molecule has 7 heteroatoms. The number of amides is 1. The number of nitrogens with zero attached hydrogens (tertiary/aromatic N) is 3. The lowest BCUT2D eigenvalue weighted by Gasteiger charge is -2.24. The molecule has 0 aliphatic carbocycles. The van der Waals surface area contributed by atoms with E-state index in [2.05, 4.69) is 10.2 Å². The maximum Gasteiger partial charge on any atom is 0.255 e. The first-order valence-electron chi connectivity index (χ1n) is 9.13. The van der Waals surface area contributed by atoms with Crippen LogP contribution in [0.3, 0.4) is 0 Å². The second kappa shape index (κ2) is 7.35. The molecule has 3 aliphatic rings. The first-order valence-corrected chi connectivity index (χ1v) is 9.13. The van der Waals surface area contributed by atoms with Crippen molar-refractivity contribution in [3.8, 4) is 0 Å². The molecule has 0 N–H and O–H groups in total. The minimum absolute atomic E-state index is 0.00180. The van der Waals surface area contributed by atoms with Crippen molar-refractivity contribution in [2.45, 2.75) is 37.4 Å². The molecule has 4 rings (SSSR count). The topological polar surface area (TPSA) is 73.8 Å². The van der Waals surface area contributed by atoms with Crippen LogP contribution in [-0.4, -0.2) is 72.2 Å². The van der Waals surface area contributed by atoms with Crippen molar-refractivity contribution in [2.24, 2.45) is 5.92 Å². The summed E-state index contributed by atoms with van der Waals surface area (Å²) >= 11 is 0. The summed E-state index contributed by atoms with van der Waals surface area (Å²) in [7, 11) is 0. The van der Waals surface area contributed by atoms with Crippen LogP contribution in [0, 0.1) is 5.92 Å². The molecule has 25 heavy (non-hydrogen) atoms. The molecule has 2 atom stereocenters. The number of likely N-dealkylation sites (tertiary alicyclic amines) is 1. The zero-order valence-electron chi connectivity index (χ0n) is 14.4. The number of aromatic nitrogens is 2. The third kappa shape index (κ3) is 3.83. The van der Waals surface area contributed by atoms with Crippen LogP contribution >= 0.6 is 0 Å². The van der Waals surface area contributed by atoms with Crippen molar-refractivity contribution >= 4 is 5.91 Å². The second-order valence-electron chi connectivity index (χ2n) is 7.32. The van der Waals surface area contributed by atoms with Gasteiger partial charge < -0.3 is 19.1 Å². The molecule has 0 aromatic carbocycles. The lowest BCUT2D eigenvalue weighted by molar-refractivity contribution is -0.0186. The largest absolute Gasteiger partial charge is 0.381 e. The van der Waals surface area contributed by atoms with Crippen LogP contribution in [-0.2, 0) is 14.2 Å². The molecule has 4 heterocycles. The van der Waals surface area contributed by atoms with Gasteiger partial charge in [-0.05, 0) is 31.2 Å². The summed E-state index contributed by atoms with van der Waals surface area (Å²) in [6.07, 6.45) is 7.11. The fourth-order valence-electron chi connectivity index (χ4n) is 4.00. The number of rotatable bonds is 4. The van der Waals surface area contributed by atoms with Gasteiger partial charge in [-0.1, -0.05) is 0 Å². The lowest BCUT2D eigenvalue weighted by atomic mass is 9.98. The van der Waals surface area contributed by atoms with E-state index < -0.39 is 0 Å². The van der Waals surface area contributed by atoms with Gasteiger partial charge in [-0.2, -0.15) is 10.2 Å². The summed E-state index contributed by atoms with van der Waals surface area (Å²) in [6, 6.07) is 1.70. The Morgan fingerprint density at radius 2 is 2.24 bits per heavy atom. The van der Waals surface area contributed by atoms with Crippen LogP contribution in [0.1, 0.15) is 36.0 Å². The highest BCUT2D eigenvalue weighted by Crippen LogP contribution is 2.37. The van der Waals surface area contributed by atoms with E-state index in [-0.39, 0.29) is 17.6 Å². The summed E-state index contributed by atoms with van der Waals surface area (Å²) in [6.45, 7) is 4.46. The highest BCUT2D eigenvalue weighted by molar-refractivity contribution is 5.94. The Balaban J connectivity index is 1.28. The van der Waals surface area contributed by atoms with Gasteiger partial charge in [-0.3, -0.25) is 4.79 Å². The van der Waals surface area contributed by atoms with Gasteiger partial charge in [0.25, 0.3) is 5.91 Å². The SMILES string of the molecule is O=C(c1ccnnc1)N1CC[C@]2(C[C@H](OCC3CCOCC3)CO2)C1. The third-order valence-electron chi connectivity index (χ3n) is 5.52. The van der Waals surface area contributed by atoms with Crippen molar-refractivity contribution < 1.29 is 19.0 Å². The highest BCUT2D eigenvalue weighted by atomic mass is 16.6. The smallest absolute Gasteiger partial charge is 0.255 e. The molecule has 3 aliphatic heterocycles. The Hall–Kier alpha value is -1.57. The van der Waals surface area contributed by atoms with Gasteiger partial charge in [-0.15, -0.1) is 0 Å². The van der Waals surface area contributed by atoms with Crippen LogP contribution in [0.15, 0.2) is 18.5 Å². The summed E-state index contributed by atoms with van der Waals surface area (Å²) in [4.78, 5) is 14.4. The first kappa shape index (κ1) is 16.9. The van der Waals surface area contributed by atoms with E-state index in [4.69, 9.17) is 14.2 Å². The van der Waals surface area contributed by atoms with Gasteiger partial charge in [0, 0.05) is 26.2 Å². The number of carbonyl (C=O) groups excluding carboxylic acids is 1. The number of ether oxygens (including phenoxy) is 3. The van der Waals surface area contributed by atoms with E-state index in [1.54, 1.807) is 12.3 Å². The molecule has 1 aromatic rings. The molecule has 1 amide bonds. The Morgan fingerprint density at radius 1 is 1.36 bits per heavy atom. The summed E-state index contributed by atoms with van der Waals surface area (Å²) in [5.41, 5.74) is 0.341. The molecule has 0 saturated carbocycles. The molecule has 0 bridgehead atoms. The predicted molar refractivity (Wildman–Crippen MR) is 89.1 cm³/mol. The molecule has 7 nitrogen and oxygen atoms in total. The van der Waals surface area contributed by atoms with E-state index in [1.165, 1.54) is 6.20 Å². The summed E-state index contributed by atoms with van der Waals surface area (Å²) in [5.74, 6) is 0.605. The third-order valence-corrected chi connectivity index (χ3v) is 5.52. The minimum Gasteiger partial charge on any atom is -0.381 e. The van der Waals surface area contributed by atoms with E-state index in [0.717, 1.165) is 45.5 Å². The molecule has 3 saturated heterocycles. The average Bonchev–Trinajstić information content (AvgIpc) is 3.28. The minimum atomic E-state index is -0.240. The van der Waals surface area contributed by atoms with Gasteiger partial charge >= 0.3 is 0 Å². The summed E-state index contributed by atoms with van der Waals surface area (Å²) < 4.78 is 17.6. The van der Waals surface area contributed by atoms with Crippen molar-refractivity contribution in [2.75, 3.05) is 39.5 Å². The fourth-order valence-corrected chi connectivity index (χ4v) is 4.00. The van der Waals surface area contributed by atoms with Gasteiger partial charge in [0.2, 0.25) is 0 Å². The van der Waals surface area contributed by atoms with Gasteiger partial charge in [0.1, 0.15) is 0 Å². The van der Waals surface area contributed by atoms with Gasteiger partial charge in [-0.25, -0.2) is 0 Å². The van der Waals surface area contributed by atoms with Crippen molar-refractivity contribution in [1.29, 1.82) is 0 Å². The molecular weight excluding hydrogens is 322 g/mol. The lowest BCUT2D eigenvalue weighted by Crippen LogP contribution is -2.36. The van der Waals surface area contributed by atoms with Crippen LogP contribution in [0.4, 0.5) is 0 Å². The Kier molecular flexibility index (Phi) is 4.96. The van der Waals surface area contributed by atoms with Crippen LogP contribution in [0.25, 0.3) is 0 Å². The quantitative estimate of drug-likeness (QED) is 0.817. The Labute approximate surface area is 147 Å². The van der Waals surface area contributed by atoms with E-state index in [9.17, 15) is 4.79 Å². The average molecular weight is 347 g/mol. The fraction of sp³-hybridized carbons (Fsp3) is 0.722. The highest BCUT2D eigenvalue weighted by Gasteiger charge is 2.47.